The highest BCUT2D eigenvalue weighted by Crippen LogP contribution is 2.23. The molecule has 0 radical (unpaired) electrons. The van der Waals surface area contributed by atoms with E-state index in [0.717, 1.165) is 5.56 Å². The lowest BCUT2D eigenvalue weighted by molar-refractivity contribution is 0.0697. The lowest BCUT2D eigenvalue weighted by Crippen LogP contribution is -2.56. The number of rotatable bonds is 5. The summed E-state index contributed by atoms with van der Waals surface area (Å²) in [4.78, 5) is 14.3. The first-order valence-corrected chi connectivity index (χ1v) is 10.5. The van der Waals surface area contributed by atoms with Gasteiger partial charge in [-0.25, -0.2) is 13.2 Å². The van der Waals surface area contributed by atoms with E-state index in [-0.39, 0.29) is 24.1 Å². The Morgan fingerprint density at radius 1 is 1.04 bits per heavy atom. The maximum Gasteiger partial charge on any atom is 0.410 e. The Morgan fingerprint density at radius 3 is 2.30 bits per heavy atom. The number of nitrogens with zero attached hydrogens (tertiary/aromatic N) is 2. The highest BCUT2D eigenvalue weighted by Gasteiger charge is 2.36. The molecule has 0 N–H and O–H groups in total. The molecule has 144 valence electrons. The van der Waals surface area contributed by atoms with Gasteiger partial charge in [0.1, 0.15) is 6.61 Å². The van der Waals surface area contributed by atoms with Crippen LogP contribution < -0.4 is 0 Å². The number of carbonyl (C=O) groups excluding carboxylic acids is 1. The maximum atomic E-state index is 12.9. The summed E-state index contributed by atoms with van der Waals surface area (Å²) in [5.41, 5.74) is 0.920. The van der Waals surface area contributed by atoms with Crippen LogP contribution in [0, 0.1) is 0 Å². The van der Waals surface area contributed by atoms with Crippen LogP contribution in [0.1, 0.15) is 18.9 Å². The molecule has 0 aromatic heterocycles. The van der Waals surface area contributed by atoms with Gasteiger partial charge in [-0.2, -0.15) is 4.31 Å². The zero-order valence-electron chi connectivity index (χ0n) is 15.3. The number of sulfonamides is 1. The number of amides is 1. The van der Waals surface area contributed by atoms with Crippen molar-refractivity contribution in [2.45, 2.75) is 30.9 Å². The molecule has 2 aromatic rings. The van der Waals surface area contributed by atoms with Crippen molar-refractivity contribution >= 4 is 16.1 Å². The smallest absolute Gasteiger partial charge is 0.410 e. The average Bonchev–Trinajstić information content (AvgIpc) is 2.72. The van der Waals surface area contributed by atoms with Gasteiger partial charge in [0.25, 0.3) is 0 Å². The van der Waals surface area contributed by atoms with Gasteiger partial charge in [0.15, 0.2) is 0 Å². The van der Waals surface area contributed by atoms with Crippen LogP contribution in [0.15, 0.2) is 65.6 Å². The highest BCUT2D eigenvalue weighted by atomic mass is 32.2. The molecule has 6 nitrogen and oxygen atoms in total. The van der Waals surface area contributed by atoms with Crippen molar-refractivity contribution in [1.82, 2.24) is 9.21 Å². The zero-order valence-corrected chi connectivity index (χ0v) is 16.1. The fourth-order valence-electron chi connectivity index (χ4n) is 3.19. The normalized spacial score (nSPS) is 18.3. The van der Waals surface area contributed by atoms with Crippen molar-refractivity contribution in [1.29, 1.82) is 0 Å². The van der Waals surface area contributed by atoms with Crippen LogP contribution in [0.2, 0.25) is 0 Å². The van der Waals surface area contributed by atoms with Crippen LogP contribution in [0.4, 0.5) is 4.79 Å². The molecule has 1 amide bonds. The van der Waals surface area contributed by atoms with Gasteiger partial charge in [0.05, 0.1) is 4.90 Å². The number of carbonyl (C=O) groups is 1. The lowest BCUT2D eigenvalue weighted by atomic mass is 10.2. The van der Waals surface area contributed by atoms with Crippen LogP contribution in [0.5, 0.6) is 0 Å². The molecule has 1 atom stereocenters. The Hall–Kier alpha value is -2.38. The van der Waals surface area contributed by atoms with E-state index < -0.39 is 16.1 Å². The van der Waals surface area contributed by atoms with Crippen molar-refractivity contribution in [2.24, 2.45) is 0 Å². The Morgan fingerprint density at radius 2 is 1.67 bits per heavy atom. The Kier molecular flexibility index (Phi) is 6.13. The van der Waals surface area contributed by atoms with Crippen LogP contribution in [-0.2, 0) is 21.4 Å². The first-order chi connectivity index (χ1) is 13.0. The average molecular weight is 388 g/mol. The molecule has 0 aliphatic carbocycles. The van der Waals surface area contributed by atoms with E-state index in [4.69, 9.17) is 4.74 Å². The number of benzene rings is 2. The molecule has 1 aliphatic rings. The third-order valence-corrected chi connectivity index (χ3v) is 6.68. The van der Waals surface area contributed by atoms with E-state index in [1.165, 1.54) is 4.31 Å². The number of hydrogen-bond donors (Lipinski definition) is 0. The predicted octanol–water partition coefficient (Wildman–Crippen LogP) is 3.11. The van der Waals surface area contributed by atoms with E-state index in [9.17, 15) is 13.2 Å². The maximum absolute atomic E-state index is 12.9. The molecule has 27 heavy (non-hydrogen) atoms. The summed E-state index contributed by atoms with van der Waals surface area (Å²) >= 11 is 0. The van der Waals surface area contributed by atoms with Crippen molar-refractivity contribution in [2.75, 3.05) is 19.6 Å². The molecule has 2 aromatic carbocycles. The van der Waals surface area contributed by atoms with Crippen LogP contribution in [-0.4, -0.2) is 49.4 Å². The number of ether oxygens (including phenoxy) is 1. The van der Waals surface area contributed by atoms with Gasteiger partial charge >= 0.3 is 6.09 Å². The van der Waals surface area contributed by atoms with Crippen molar-refractivity contribution in [3.05, 3.63) is 66.2 Å². The molecule has 0 spiro atoms. The van der Waals surface area contributed by atoms with Gasteiger partial charge in [-0.15, -0.1) is 0 Å². The third-order valence-electron chi connectivity index (χ3n) is 4.71. The second-order valence-corrected chi connectivity index (χ2v) is 8.37. The highest BCUT2D eigenvalue weighted by molar-refractivity contribution is 7.89. The molecule has 1 heterocycles. The van der Waals surface area contributed by atoms with Crippen LogP contribution >= 0.6 is 0 Å². The summed E-state index contributed by atoms with van der Waals surface area (Å²) in [7, 11) is -3.57. The first kappa shape index (κ1) is 19.4. The standard InChI is InChI=1S/C20H24N2O4S/c1-2-18-15-21(20(23)26-16-17-9-5-3-6-10-17)13-14-22(18)27(24,25)19-11-7-4-8-12-19/h3-12,18H,2,13-16H2,1H3/t18-/m0/s1. The molecule has 1 saturated heterocycles. The van der Waals surface area contributed by atoms with E-state index in [1.807, 2.05) is 37.3 Å². The minimum Gasteiger partial charge on any atom is -0.445 e. The fraction of sp³-hybridized carbons (Fsp3) is 0.350. The first-order valence-electron chi connectivity index (χ1n) is 9.05. The minimum absolute atomic E-state index is 0.207. The third kappa shape index (κ3) is 4.48. The SMILES string of the molecule is CC[C@H]1CN(C(=O)OCc2ccccc2)CCN1S(=O)(=O)c1ccccc1. The summed E-state index contributed by atoms with van der Waals surface area (Å²) in [6.45, 7) is 3.04. The molecule has 0 bridgehead atoms. The van der Waals surface area contributed by atoms with Gasteiger partial charge in [-0.1, -0.05) is 55.5 Å². The topological polar surface area (TPSA) is 66.9 Å². The van der Waals surface area contributed by atoms with Crippen molar-refractivity contribution in [3.8, 4) is 0 Å². The monoisotopic (exact) mass is 388 g/mol. The Bertz CT molecular complexity index is 856. The molecule has 3 rings (SSSR count). The van der Waals surface area contributed by atoms with E-state index >= 15 is 0 Å². The van der Waals surface area contributed by atoms with Crippen LogP contribution in [0.3, 0.4) is 0 Å². The molecular formula is C20H24N2O4S. The number of piperazine rings is 1. The zero-order chi connectivity index (χ0) is 19.3. The predicted molar refractivity (Wildman–Crippen MR) is 103 cm³/mol. The molecule has 0 saturated carbocycles. The summed E-state index contributed by atoms with van der Waals surface area (Å²) in [6.07, 6.45) is 0.211. The summed E-state index contributed by atoms with van der Waals surface area (Å²) < 4.78 is 32.8. The van der Waals surface area contributed by atoms with Gasteiger partial charge in [-0.05, 0) is 24.1 Å². The Labute approximate surface area is 160 Å². The van der Waals surface area contributed by atoms with Crippen molar-refractivity contribution in [3.63, 3.8) is 0 Å². The lowest BCUT2D eigenvalue weighted by Gasteiger charge is -2.39. The molecule has 1 fully saturated rings. The Balaban J connectivity index is 1.65. The van der Waals surface area contributed by atoms with Crippen molar-refractivity contribution < 1.29 is 17.9 Å². The largest absolute Gasteiger partial charge is 0.445 e. The van der Waals surface area contributed by atoms with Crippen LogP contribution in [0.25, 0.3) is 0 Å². The number of hydrogen-bond acceptors (Lipinski definition) is 4. The summed E-state index contributed by atoms with van der Waals surface area (Å²) in [6, 6.07) is 17.6. The summed E-state index contributed by atoms with van der Waals surface area (Å²) in [5, 5.41) is 0. The minimum atomic E-state index is -3.57. The van der Waals surface area contributed by atoms with Gasteiger partial charge in [-0.3, -0.25) is 0 Å². The summed E-state index contributed by atoms with van der Waals surface area (Å²) in [5.74, 6) is 0. The van der Waals surface area contributed by atoms with Gasteiger partial charge in [0, 0.05) is 25.7 Å². The second-order valence-electron chi connectivity index (χ2n) is 6.48. The quantitative estimate of drug-likeness (QED) is 0.789. The fourth-order valence-corrected chi connectivity index (χ4v) is 4.89. The molecule has 0 unspecified atom stereocenters. The van der Waals surface area contributed by atoms with Gasteiger partial charge < -0.3 is 9.64 Å². The van der Waals surface area contributed by atoms with E-state index in [2.05, 4.69) is 0 Å². The van der Waals surface area contributed by atoms with Gasteiger partial charge in [0.2, 0.25) is 10.0 Å². The molecule has 7 heteroatoms. The molecule has 1 aliphatic heterocycles. The molecular weight excluding hydrogens is 364 g/mol. The van der Waals surface area contributed by atoms with E-state index in [1.54, 1.807) is 35.2 Å². The van der Waals surface area contributed by atoms with E-state index in [0.29, 0.717) is 19.5 Å². The second kappa shape index (κ2) is 8.54.